The van der Waals surface area contributed by atoms with Gasteiger partial charge in [-0.1, -0.05) is 23.8 Å². The molecule has 1 aromatic carbocycles. The number of phenolic OH excluding ortho intramolecular Hbond substituents is 1. The number of anilines is 1. The molecule has 1 heterocycles. The quantitative estimate of drug-likeness (QED) is 0.620. The van der Waals surface area contributed by atoms with Crippen molar-refractivity contribution in [1.82, 2.24) is 0 Å². The second-order valence-corrected chi connectivity index (χ2v) is 5.20. The summed E-state index contributed by atoms with van der Waals surface area (Å²) in [4.78, 5) is 25.9. The molecule has 1 fully saturated rings. The molecule has 0 bridgehead atoms. The lowest BCUT2D eigenvalue weighted by molar-refractivity contribution is -0.122. The molecule has 1 saturated heterocycles. The lowest BCUT2D eigenvalue weighted by Crippen LogP contribution is -2.30. The number of benzene rings is 1. The minimum Gasteiger partial charge on any atom is -0.506 e. The third kappa shape index (κ3) is 1.75. The number of fused-ring (bicyclic) bond motifs is 1. The highest BCUT2D eigenvalue weighted by Crippen LogP contribution is 2.41. The van der Waals surface area contributed by atoms with E-state index in [-0.39, 0.29) is 29.4 Å². The predicted octanol–water partition coefficient (Wildman–Crippen LogP) is 2.24. The van der Waals surface area contributed by atoms with Crippen LogP contribution in [0.3, 0.4) is 0 Å². The van der Waals surface area contributed by atoms with Crippen LogP contribution in [0, 0.1) is 11.8 Å². The van der Waals surface area contributed by atoms with Crippen LogP contribution in [0.1, 0.15) is 19.8 Å². The Hall–Kier alpha value is -2.10. The summed E-state index contributed by atoms with van der Waals surface area (Å²) in [7, 11) is 0. The van der Waals surface area contributed by atoms with Crippen LogP contribution < -0.4 is 4.90 Å². The van der Waals surface area contributed by atoms with Crippen LogP contribution in [-0.2, 0) is 9.59 Å². The molecule has 4 nitrogen and oxygen atoms in total. The number of carbonyl (C=O) groups excluding carboxylic acids is 2. The fourth-order valence-corrected chi connectivity index (χ4v) is 2.93. The maximum absolute atomic E-state index is 12.4. The van der Waals surface area contributed by atoms with Gasteiger partial charge in [-0.05, 0) is 31.9 Å². The predicted molar refractivity (Wildman–Crippen MR) is 70.6 cm³/mol. The standard InChI is InChI=1S/C15H15NO3/c1-9-6-7-10-11(8-9)15(19)16(14(10)18)12-4-2-3-5-13(12)17/h2-6,10-11,17H,7-8H2,1H3/t10-,11+/m0/s1. The summed E-state index contributed by atoms with van der Waals surface area (Å²) in [6.45, 7) is 1.98. The van der Waals surface area contributed by atoms with E-state index < -0.39 is 0 Å². The van der Waals surface area contributed by atoms with E-state index in [0.717, 1.165) is 10.5 Å². The van der Waals surface area contributed by atoms with Crippen molar-refractivity contribution < 1.29 is 14.7 Å². The van der Waals surface area contributed by atoms with Crippen LogP contribution in [0.5, 0.6) is 5.75 Å². The van der Waals surface area contributed by atoms with Crippen LogP contribution in [0.25, 0.3) is 0 Å². The SMILES string of the molecule is CC1=CC[C@@H]2C(=O)N(c3ccccc3O)C(=O)[C@@H]2C1. The van der Waals surface area contributed by atoms with E-state index in [1.807, 2.05) is 13.0 Å². The second kappa shape index (κ2) is 4.23. The number of rotatable bonds is 1. The third-order valence-corrected chi connectivity index (χ3v) is 3.95. The van der Waals surface area contributed by atoms with E-state index in [9.17, 15) is 14.7 Å². The van der Waals surface area contributed by atoms with Gasteiger partial charge in [0.05, 0.1) is 17.5 Å². The molecule has 0 spiro atoms. The zero-order valence-corrected chi connectivity index (χ0v) is 10.7. The number of aromatic hydroxyl groups is 1. The molecule has 98 valence electrons. The molecule has 19 heavy (non-hydrogen) atoms. The lowest BCUT2D eigenvalue weighted by atomic mass is 9.82. The molecule has 0 aromatic heterocycles. The summed E-state index contributed by atoms with van der Waals surface area (Å²) in [5, 5.41) is 9.83. The molecule has 2 amide bonds. The Kier molecular flexibility index (Phi) is 2.66. The number of hydrogen-bond donors (Lipinski definition) is 1. The molecule has 1 aliphatic heterocycles. The van der Waals surface area contributed by atoms with Crippen LogP contribution in [-0.4, -0.2) is 16.9 Å². The van der Waals surface area contributed by atoms with Gasteiger partial charge < -0.3 is 5.11 Å². The normalized spacial score (nSPS) is 26.4. The van der Waals surface area contributed by atoms with Gasteiger partial charge in [0.1, 0.15) is 5.75 Å². The van der Waals surface area contributed by atoms with E-state index in [2.05, 4.69) is 0 Å². The number of phenols is 1. The maximum Gasteiger partial charge on any atom is 0.238 e. The smallest absolute Gasteiger partial charge is 0.238 e. The number of imide groups is 1. The number of amides is 2. The first-order valence-electron chi connectivity index (χ1n) is 6.41. The van der Waals surface area contributed by atoms with Gasteiger partial charge in [0.25, 0.3) is 0 Å². The average molecular weight is 257 g/mol. The van der Waals surface area contributed by atoms with E-state index in [4.69, 9.17) is 0 Å². The third-order valence-electron chi connectivity index (χ3n) is 3.95. The first kappa shape index (κ1) is 12.0. The largest absolute Gasteiger partial charge is 0.506 e. The second-order valence-electron chi connectivity index (χ2n) is 5.20. The van der Waals surface area contributed by atoms with Crippen molar-refractivity contribution in [1.29, 1.82) is 0 Å². The first-order chi connectivity index (χ1) is 9.09. The number of nitrogens with zero attached hydrogens (tertiary/aromatic N) is 1. The number of carbonyl (C=O) groups is 2. The van der Waals surface area contributed by atoms with Gasteiger partial charge in [-0.3, -0.25) is 9.59 Å². The Bertz CT molecular complexity index is 591. The fourth-order valence-electron chi connectivity index (χ4n) is 2.93. The van der Waals surface area contributed by atoms with E-state index in [0.29, 0.717) is 18.5 Å². The molecular weight excluding hydrogens is 242 g/mol. The Morgan fingerprint density at radius 3 is 2.58 bits per heavy atom. The molecule has 1 aromatic rings. The fraction of sp³-hybridized carbons (Fsp3) is 0.333. The summed E-state index contributed by atoms with van der Waals surface area (Å²) < 4.78 is 0. The Morgan fingerprint density at radius 1 is 1.16 bits per heavy atom. The molecular formula is C15H15NO3. The zero-order chi connectivity index (χ0) is 13.6. The van der Waals surface area contributed by atoms with E-state index in [1.165, 1.54) is 6.07 Å². The van der Waals surface area contributed by atoms with Crippen LogP contribution in [0.15, 0.2) is 35.9 Å². The summed E-state index contributed by atoms with van der Waals surface area (Å²) in [5.41, 5.74) is 1.45. The summed E-state index contributed by atoms with van der Waals surface area (Å²) in [6.07, 6.45) is 3.28. The number of allylic oxidation sites excluding steroid dienone is 2. The minimum absolute atomic E-state index is 0.0347. The summed E-state index contributed by atoms with van der Waals surface area (Å²) in [6, 6.07) is 6.47. The topological polar surface area (TPSA) is 57.6 Å². The zero-order valence-electron chi connectivity index (χ0n) is 10.7. The monoisotopic (exact) mass is 257 g/mol. The van der Waals surface area contributed by atoms with Gasteiger partial charge >= 0.3 is 0 Å². The summed E-state index contributed by atoms with van der Waals surface area (Å²) >= 11 is 0. The Balaban J connectivity index is 2.00. The number of hydrogen-bond acceptors (Lipinski definition) is 3. The molecule has 2 aliphatic rings. The highest BCUT2D eigenvalue weighted by molar-refractivity contribution is 6.22. The molecule has 0 radical (unpaired) electrons. The first-order valence-corrected chi connectivity index (χ1v) is 6.41. The Morgan fingerprint density at radius 2 is 1.84 bits per heavy atom. The maximum atomic E-state index is 12.4. The van der Waals surface area contributed by atoms with Gasteiger partial charge in [-0.15, -0.1) is 0 Å². The van der Waals surface area contributed by atoms with Crippen molar-refractivity contribution in [3.05, 3.63) is 35.9 Å². The van der Waals surface area contributed by atoms with E-state index >= 15 is 0 Å². The minimum atomic E-state index is -0.268. The van der Waals surface area contributed by atoms with Crippen LogP contribution >= 0.6 is 0 Å². The highest BCUT2D eigenvalue weighted by Gasteiger charge is 2.49. The van der Waals surface area contributed by atoms with Gasteiger partial charge in [0.15, 0.2) is 0 Å². The molecule has 3 rings (SSSR count). The molecule has 0 unspecified atom stereocenters. The lowest BCUT2D eigenvalue weighted by Gasteiger charge is -2.18. The molecule has 1 aliphatic carbocycles. The van der Waals surface area contributed by atoms with Gasteiger partial charge in [0, 0.05) is 0 Å². The number of para-hydroxylation sites is 2. The molecule has 0 saturated carbocycles. The van der Waals surface area contributed by atoms with Crippen molar-refractivity contribution in [2.24, 2.45) is 11.8 Å². The van der Waals surface area contributed by atoms with Crippen molar-refractivity contribution in [2.75, 3.05) is 4.90 Å². The van der Waals surface area contributed by atoms with E-state index in [1.54, 1.807) is 18.2 Å². The molecule has 4 heteroatoms. The summed E-state index contributed by atoms with van der Waals surface area (Å²) in [5.74, 6) is -0.954. The van der Waals surface area contributed by atoms with Crippen LogP contribution in [0.2, 0.25) is 0 Å². The Labute approximate surface area is 111 Å². The van der Waals surface area contributed by atoms with Crippen LogP contribution in [0.4, 0.5) is 5.69 Å². The van der Waals surface area contributed by atoms with Crippen molar-refractivity contribution in [3.8, 4) is 5.75 Å². The highest BCUT2D eigenvalue weighted by atomic mass is 16.3. The van der Waals surface area contributed by atoms with Gasteiger partial charge in [-0.2, -0.15) is 0 Å². The van der Waals surface area contributed by atoms with Gasteiger partial charge in [-0.25, -0.2) is 4.90 Å². The molecule has 2 atom stereocenters. The van der Waals surface area contributed by atoms with Crippen molar-refractivity contribution in [2.45, 2.75) is 19.8 Å². The molecule has 1 N–H and O–H groups in total. The van der Waals surface area contributed by atoms with Gasteiger partial charge in [0.2, 0.25) is 11.8 Å². The van der Waals surface area contributed by atoms with Crippen molar-refractivity contribution in [3.63, 3.8) is 0 Å². The average Bonchev–Trinajstić information content (AvgIpc) is 2.63. The van der Waals surface area contributed by atoms with Crippen molar-refractivity contribution >= 4 is 17.5 Å².